The summed E-state index contributed by atoms with van der Waals surface area (Å²) in [5, 5.41) is 7.90. The predicted octanol–water partition coefficient (Wildman–Crippen LogP) is 4.34. The quantitative estimate of drug-likeness (QED) is 0.591. The Morgan fingerprint density at radius 2 is 1.81 bits per heavy atom. The molecule has 5 nitrogen and oxygen atoms in total. The molecule has 1 N–H and O–H groups in total. The Hall–Kier alpha value is -3.54. The van der Waals surface area contributed by atoms with Crippen molar-refractivity contribution in [2.75, 3.05) is 5.32 Å². The van der Waals surface area contributed by atoms with E-state index in [1.807, 2.05) is 37.3 Å². The van der Waals surface area contributed by atoms with Crippen LogP contribution in [0.2, 0.25) is 0 Å². The van der Waals surface area contributed by atoms with Gasteiger partial charge in [0, 0.05) is 24.1 Å². The van der Waals surface area contributed by atoms with Gasteiger partial charge in [0.2, 0.25) is 0 Å². The molecule has 0 aliphatic heterocycles. The molecule has 2 heterocycles. The highest BCUT2D eigenvalue weighted by atomic mass is 19.1. The summed E-state index contributed by atoms with van der Waals surface area (Å²) >= 11 is 0. The van der Waals surface area contributed by atoms with Crippen LogP contribution >= 0.6 is 0 Å². The lowest BCUT2D eigenvalue weighted by atomic mass is 10.0. The summed E-state index contributed by atoms with van der Waals surface area (Å²) in [5.41, 5.74) is 3.37. The molecule has 0 saturated carbocycles. The normalized spacial score (nSPS) is 10.9. The fraction of sp³-hybridized carbons (Fsp3) is 0.0952. The molecule has 0 aliphatic carbocycles. The molecule has 0 unspecified atom stereocenters. The number of carbonyl (C=O) groups excluding carboxylic acids is 1. The number of halogens is 1. The fourth-order valence-corrected chi connectivity index (χ4v) is 3.04. The summed E-state index contributed by atoms with van der Waals surface area (Å²) in [6.45, 7) is 1.87. The summed E-state index contributed by atoms with van der Waals surface area (Å²) in [6.07, 6.45) is 0. The molecule has 0 radical (unpaired) electrons. The lowest BCUT2D eigenvalue weighted by molar-refractivity contribution is 0.102. The van der Waals surface area contributed by atoms with Gasteiger partial charge in [0.05, 0.1) is 22.5 Å². The van der Waals surface area contributed by atoms with Gasteiger partial charge in [-0.05, 0) is 43.3 Å². The van der Waals surface area contributed by atoms with Gasteiger partial charge in [0.15, 0.2) is 0 Å². The number of fused-ring (bicyclic) bond motifs is 1. The zero-order valence-corrected chi connectivity index (χ0v) is 14.9. The Balaban J connectivity index is 1.81. The molecule has 0 fully saturated rings. The maximum Gasteiger partial charge on any atom is 0.257 e. The van der Waals surface area contributed by atoms with E-state index in [1.54, 1.807) is 29.9 Å². The average Bonchev–Trinajstić information content (AvgIpc) is 2.98. The van der Waals surface area contributed by atoms with Crippen LogP contribution < -0.4 is 5.32 Å². The minimum absolute atomic E-state index is 0.250. The van der Waals surface area contributed by atoms with Gasteiger partial charge in [-0.1, -0.05) is 18.2 Å². The molecule has 0 atom stereocenters. The van der Waals surface area contributed by atoms with Crippen LogP contribution in [0.5, 0.6) is 0 Å². The van der Waals surface area contributed by atoms with Crippen molar-refractivity contribution < 1.29 is 9.18 Å². The second-order valence-corrected chi connectivity index (χ2v) is 6.33. The largest absolute Gasteiger partial charge is 0.307 e. The molecule has 6 heteroatoms. The maximum atomic E-state index is 13.3. The first kappa shape index (κ1) is 16.9. The average molecular weight is 360 g/mol. The summed E-state index contributed by atoms with van der Waals surface area (Å²) in [6, 6.07) is 17.1. The summed E-state index contributed by atoms with van der Waals surface area (Å²) < 4.78 is 14.9. The molecule has 0 bridgehead atoms. The maximum absolute atomic E-state index is 13.3. The number of aryl methyl sites for hydroxylation is 2. The number of anilines is 1. The number of nitrogens with one attached hydrogen (secondary N) is 1. The highest BCUT2D eigenvalue weighted by Gasteiger charge is 2.15. The zero-order valence-electron chi connectivity index (χ0n) is 14.9. The topological polar surface area (TPSA) is 59.8 Å². The van der Waals surface area contributed by atoms with E-state index in [9.17, 15) is 9.18 Å². The molecule has 0 spiro atoms. The third kappa shape index (κ3) is 3.29. The number of benzene rings is 2. The molecule has 0 saturated heterocycles. The standard InChI is InChI=1S/C21H17FN4O/c1-13-11-20(26(2)25-13)24-21(27)17-12-19(14-7-9-15(22)10-8-14)23-18-6-4-3-5-16(17)18/h3-12H,1-2H3,(H,24,27). The van der Waals surface area contributed by atoms with Gasteiger partial charge < -0.3 is 5.32 Å². The van der Waals surface area contributed by atoms with Crippen molar-refractivity contribution in [2.45, 2.75) is 6.92 Å². The molecule has 0 aliphatic rings. The zero-order chi connectivity index (χ0) is 19.0. The van der Waals surface area contributed by atoms with Crippen molar-refractivity contribution in [2.24, 2.45) is 7.05 Å². The fourth-order valence-electron chi connectivity index (χ4n) is 3.04. The highest BCUT2D eigenvalue weighted by molar-refractivity contribution is 6.12. The SMILES string of the molecule is Cc1cc(NC(=O)c2cc(-c3ccc(F)cc3)nc3ccccc23)n(C)n1. The van der Waals surface area contributed by atoms with Gasteiger partial charge in [0.1, 0.15) is 11.6 Å². The molecule has 4 rings (SSSR count). The number of para-hydroxylation sites is 1. The van der Waals surface area contributed by atoms with Crippen molar-refractivity contribution in [3.8, 4) is 11.3 Å². The van der Waals surface area contributed by atoms with Crippen LogP contribution in [0.4, 0.5) is 10.2 Å². The first-order valence-corrected chi connectivity index (χ1v) is 8.49. The van der Waals surface area contributed by atoms with E-state index in [1.165, 1.54) is 12.1 Å². The Bertz CT molecular complexity index is 1150. The number of pyridine rings is 1. The van der Waals surface area contributed by atoms with Crippen molar-refractivity contribution in [1.29, 1.82) is 0 Å². The predicted molar refractivity (Wildman–Crippen MR) is 103 cm³/mol. The van der Waals surface area contributed by atoms with Crippen molar-refractivity contribution in [3.05, 3.63) is 77.7 Å². The van der Waals surface area contributed by atoms with E-state index >= 15 is 0 Å². The van der Waals surface area contributed by atoms with E-state index in [0.29, 0.717) is 22.6 Å². The van der Waals surface area contributed by atoms with E-state index in [2.05, 4.69) is 15.4 Å². The van der Waals surface area contributed by atoms with E-state index in [-0.39, 0.29) is 11.7 Å². The Kier molecular flexibility index (Phi) is 4.16. The monoisotopic (exact) mass is 360 g/mol. The Morgan fingerprint density at radius 3 is 2.52 bits per heavy atom. The van der Waals surface area contributed by atoms with Gasteiger partial charge in [-0.15, -0.1) is 0 Å². The lowest BCUT2D eigenvalue weighted by Crippen LogP contribution is -2.15. The van der Waals surface area contributed by atoms with Gasteiger partial charge >= 0.3 is 0 Å². The molecule has 27 heavy (non-hydrogen) atoms. The minimum Gasteiger partial charge on any atom is -0.307 e. The first-order valence-electron chi connectivity index (χ1n) is 8.49. The number of carbonyl (C=O) groups is 1. The third-order valence-electron chi connectivity index (χ3n) is 4.34. The van der Waals surface area contributed by atoms with Gasteiger partial charge in [-0.3, -0.25) is 9.48 Å². The number of hydrogen-bond donors (Lipinski definition) is 1. The first-order chi connectivity index (χ1) is 13.0. The number of aromatic nitrogens is 3. The van der Waals surface area contributed by atoms with Crippen LogP contribution in [0.1, 0.15) is 16.1 Å². The second kappa shape index (κ2) is 6.64. The van der Waals surface area contributed by atoms with E-state index in [0.717, 1.165) is 16.6 Å². The van der Waals surface area contributed by atoms with Gasteiger partial charge in [-0.25, -0.2) is 9.37 Å². The molecule has 1 amide bonds. The van der Waals surface area contributed by atoms with Gasteiger partial charge in [0.25, 0.3) is 5.91 Å². The summed E-state index contributed by atoms with van der Waals surface area (Å²) in [5.74, 6) is 0.0470. The van der Waals surface area contributed by atoms with Crippen LogP contribution in [-0.2, 0) is 7.05 Å². The molecular weight excluding hydrogens is 343 g/mol. The molecule has 4 aromatic rings. The molecule has 2 aromatic heterocycles. The van der Waals surface area contributed by atoms with Crippen molar-refractivity contribution in [3.63, 3.8) is 0 Å². The molecular formula is C21H17FN4O. The molecule has 134 valence electrons. The van der Waals surface area contributed by atoms with Crippen molar-refractivity contribution >= 4 is 22.6 Å². The number of nitrogens with zero attached hydrogens (tertiary/aromatic N) is 3. The Morgan fingerprint density at radius 1 is 1.07 bits per heavy atom. The third-order valence-corrected chi connectivity index (χ3v) is 4.34. The van der Waals surface area contributed by atoms with Crippen LogP contribution in [0.15, 0.2) is 60.7 Å². The number of hydrogen-bond acceptors (Lipinski definition) is 3. The molecule has 2 aromatic carbocycles. The van der Waals surface area contributed by atoms with E-state index in [4.69, 9.17) is 0 Å². The van der Waals surface area contributed by atoms with Gasteiger partial charge in [-0.2, -0.15) is 5.10 Å². The van der Waals surface area contributed by atoms with Crippen LogP contribution in [0.25, 0.3) is 22.2 Å². The lowest BCUT2D eigenvalue weighted by Gasteiger charge is -2.11. The Labute approximate surface area is 155 Å². The number of rotatable bonds is 3. The smallest absolute Gasteiger partial charge is 0.257 e. The summed E-state index contributed by atoms with van der Waals surface area (Å²) in [7, 11) is 1.78. The van der Waals surface area contributed by atoms with Crippen molar-refractivity contribution in [1.82, 2.24) is 14.8 Å². The highest BCUT2D eigenvalue weighted by Crippen LogP contribution is 2.26. The van der Waals surface area contributed by atoms with Crippen LogP contribution in [0, 0.1) is 12.7 Å². The number of amides is 1. The van der Waals surface area contributed by atoms with Crippen LogP contribution in [0.3, 0.4) is 0 Å². The van der Waals surface area contributed by atoms with Crippen LogP contribution in [-0.4, -0.2) is 20.7 Å². The second-order valence-electron chi connectivity index (χ2n) is 6.33. The summed E-state index contributed by atoms with van der Waals surface area (Å²) in [4.78, 5) is 17.6. The minimum atomic E-state index is -0.316. The van der Waals surface area contributed by atoms with E-state index < -0.39 is 0 Å².